The number of rotatable bonds is 3. The maximum absolute atomic E-state index is 12.5. The molecule has 4 rings (SSSR count). The molecule has 0 saturated heterocycles. The molecular formula is C19H17NO3S. The molecule has 0 radical (unpaired) electrons. The first-order valence-corrected chi connectivity index (χ1v) is 8.69. The Morgan fingerprint density at radius 2 is 2.00 bits per heavy atom. The Labute approximate surface area is 143 Å². The van der Waals surface area contributed by atoms with Crippen molar-refractivity contribution in [1.29, 1.82) is 0 Å². The number of hydrogen-bond donors (Lipinski definition) is 2. The van der Waals surface area contributed by atoms with E-state index in [4.69, 9.17) is 4.74 Å². The molecule has 0 fully saturated rings. The first-order chi connectivity index (χ1) is 11.7. The summed E-state index contributed by atoms with van der Waals surface area (Å²) >= 11 is 1.46. The van der Waals surface area contributed by atoms with E-state index in [-0.39, 0.29) is 12.5 Å². The largest absolute Gasteiger partial charge is 0.493 e. The highest BCUT2D eigenvalue weighted by Gasteiger charge is 2.35. The van der Waals surface area contributed by atoms with Gasteiger partial charge in [-0.05, 0) is 23.6 Å². The van der Waals surface area contributed by atoms with Gasteiger partial charge in [-0.15, -0.1) is 11.3 Å². The van der Waals surface area contributed by atoms with Gasteiger partial charge in [0.05, 0.1) is 18.0 Å². The Hall–Kier alpha value is -2.37. The third kappa shape index (κ3) is 2.66. The SMILES string of the molecule is O=C(NCC1(O)CCOc2ccccc21)c1cc2ccccc2s1. The van der Waals surface area contributed by atoms with E-state index in [2.05, 4.69) is 5.32 Å². The van der Waals surface area contributed by atoms with Crippen LogP contribution in [0.25, 0.3) is 10.1 Å². The fourth-order valence-corrected chi connectivity index (χ4v) is 4.01. The highest BCUT2D eigenvalue weighted by Crippen LogP contribution is 2.36. The standard InChI is InChI=1S/C19H17NO3S/c21-18(17-11-13-5-1-4-8-16(13)24-17)20-12-19(22)9-10-23-15-7-3-2-6-14(15)19/h1-8,11,22H,9-10,12H2,(H,20,21). The van der Waals surface area contributed by atoms with Crippen molar-refractivity contribution in [3.63, 3.8) is 0 Å². The Morgan fingerprint density at radius 3 is 2.88 bits per heavy atom. The minimum Gasteiger partial charge on any atom is -0.493 e. The fourth-order valence-electron chi connectivity index (χ4n) is 3.03. The molecular weight excluding hydrogens is 322 g/mol. The summed E-state index contributed by atoms with van der Waals surface area (Å²) in [6, 6.07) is 17.2. The van der Waals surface area contributed by atoms with Gasteiger partial charge in [-0.3, -0.25) is 4.79 Å². The predicted molar refractivity (Wildman–Crippen MR) is 94.6 cm³/mol. The topological polar surface area (TPSA) is 58.6 Å². The minimum atomic E-state index is -1.10. The number of amides is 1. The maximum atomic E-state index is 12.5. The fraction of sp³-hybridized carbons (Fsp3) is 0.211. The van der Waals surface area contributed by atoms with Crippen LogP contribution in [0.5, 0.6) is 5.75 Å². The molecule has 5 heteroatoms. The summed E-state index contributed by atoms with van der Waals surface area (Å²) in [6.45, 7) is 0.604. The second-order valence-electron chi connectivity index (χ2n) is 5.96. The molecule has 0 aliphatic carbocycles. The molecule has 0 saturated carbocycles. The molecule has 2 aromatic carbocycles. The Bertz CT molecular complexity index is 871. The lowest BCUT2D eigenvalue weighted by Crippen LogP contribution is -2.43. The highest BCUT2D eigenvalue weighted by molar-refractivity contribution is 7.20. The molecule has 2 heterocycles. The summed E-state index contributed by atoms with van der Waals surface area (Å²) in [7, 11) is 0. The number of fused-ring (bicyclic) bond motifs is 2. The van der Waals surface area contributed by atoms with Crippen LogP contribution in [0.1, 0.15) is 21.7 Å². The van der Waals surface area contributed by atoms with Crippen LogP contribution in [0.3, 0.4) is 0 Å². The van der Waals surface area contributed by atoms with E-state index >= 15 is 0 Å². The normalized spacial score (nSPS) is 19.5. The van der Waals surface area contributed by atoms with Gasteiger partial charge in [0, 0.05) is 16.7 Å². The van der Waals surface area contributed by atoms with Gasteiger partial charge in [0.2, 0.25) is 0 Å². The average molecular weight is 339 g/mol. The Morgan fingerprint density at radius 1 is 1.21 bits per heavy atom. The van der Waals surface area contributed by atoms with Crippen molar-refractivity contribution in [2.24, 2.45) is 0 Å². The number of nitrogens with one attached hydrogen (secondary N) is 1. The van der Waals surface area contributed by atoms with Crippen LogP contribution in [0, 0.1) is 0 Å². The monoisotopic (exact) mass is 339 g/mol. The molecule has 0 bridgehead atoms. The first-order valence-electron chi connectivity index (χ1n) is 7.87. The molecule has 122 valence electrons. The smallest absolute Gasteiger partial charge is 0.261 e. The van der Waals surface area contributed by atoms with Crippen LogP contribution in [-0.4, -0.2) is 24.2 Å². The molecule has 0 spiro atoms. The Kier molecular flexibility index (Phi) is 3.75. The summed E-state index contributed by atoms with van der Waals surface area (Å²) in [6.07, 6.45) is 0.455. The van der Waals surface area contributed by atoms with Crippen LogP contribution in [0.2, 0.25) is 0 Å². The molecule has 1 aromatic heterocycles. The van der Waals surface area contributed by atoms with E-state index in [0.717, 1.165) is 15.6 Å². The van der Waals surface area contributed by atoms with Crippen LogP contribution < -0.4 is 10.1 Å². The molecule has 1 aliphatic heterocycles. The van der Waals surface area contributed by atoms with E-state index < -0.39 is 5.60 Å². The Balaban J connectivity index is 1.53. The van der Waals surface area contributed by atoms with Crippen molar-refractivity contribution in [3.05, 3.63) is 65.0 Å². The van der Waals surface area contributed by atoms with E-state index in [0.29, 0.717) is 23.7 Å². The second kappa shape index (κ2) is 5.92. The quantitative estimate of drug-likeness (QED) is 0.770. The van der Waals surface area contributed by atoms with Crippen molar-refractivity contribution >= 4 is 27.3 Å². The number of para-hydroxylation sites is 1. The van der Waals surface area contributed by atoms with Crippen LogP contribution in [-0.2, 0) is 5.60 Å². The van der Waals surface area contributed by atoms with E-state index in [9.17, 15) is 9.90 Å². The maximum Gasteiger partial charge on any atom is 0.261 e. The van der Waals surface area contributed by atoms with E-state index in [1.165, 1.54) is 11.3 Å². The molecule has 1 unspecified atom stereocenters. The lowest BCUT2D eigenvalue weighted by Gasteiger charge is -2.34. The molecule has 1 amide bonds. The lowest BCUT2D eigenvalue weighted by molar-refractivity contribution is -0.00157. The van der Waals surface area contributed by atoms with Crippen molar-refractivity contribution in [2.75, 3.05) is 13.2 Å². The van der Waals surface area contributed by atoms with Crippen molar-refractivity contribution in [1.82, 2.24) is 5.32 Å². The van der Waals surface area contributed by atoms with Crippen molar-refractivity contribution in [3.8, 4) is 5.75 Å². The molecule has 1 atom stereocenters. The van der Waals surface area contributed by atoms with Gasteiger partial charge in [-0.25, -0.2) is 0 Å². The van der Waals surface area contributed by atoms with E-state index in [1.54, 1.807) is 0 Å². The summed E-state index contributed by atoms with van der Waals surface area (Å²) in [5.41, 5.74) is -0.367. The van der Waals surface area contributed by atoms with Gasteiger partial charge in [0.25, 0.3) is 5.91 Å². The molecule has 1 aliphatic rings. The van der Waals surface area contributed by atoms with Crippen LogP contribution >= 0.6 is 11.3 Å². The third-order valence-electron chi connectivity index (χ3n) is 4.35. The van der Waals surface area contributed by atoms with Crippen LogP contribution in [0.4, 0.5) is 0 Å². The van der Waals surface area contributed by atoms with Crippen molar-refractivity contribution < 1.29 is 14.6 Å². The van der Waals surface area contributed by atoms with Gasteiger partial charge in [0.15, 0.2) is 0 Å². The highest BCUT2D eigenvalue weighted by atomic mass is 32.1. The molecule has 24 heavy (non-hydrogen) atoms. The number of thiophene rings is 1. The number of hydrogen-bond acceptors (Lipinski definition) is 4. The van der Waals surface area contributed by atoms with Crippen molar-refractivity contribution in [2.45, 2.75) is 12.0 Å². The summed E-state index contributed by atoms with van der Waals surface area (Å²) < 4.78 is 6.66. The van der Waals surface area contributed by atoms with Gasteiger partial charge >= 0.3 is 0 Å². The summed E-state index contributed by atoms with van der Waals surface area (Å²) in [5.74, 6) is 0.524. The number of ether oxygens (including phenoxy) is 1. The van der Waals surface area contributed by atoms with Gasteiger partial charge < -0.3 is 15.2 Å². The molecule has 3 aromatic rings. The predicted octanol–water partition coefficient (Wildman–Crippen LogP) is 3.30. The molecule has 2 N–H and O–H groups in total. The zero-order valence-electron chi connectivity index (χ0n) is 13.0. The lowest BCUT2D eigenvalue weighted by atomic mass is 9.88. The van der Waals surface area contributed by atoms with Gasteiger partial charge in [0.1, 0.15) is 11.4 Å². The first kappa shape index (κ1) is 15.2. The van der Waals surface area contributed by atoms with Gasteiger partial charge in [-0.1, -0.05) is 36.4 Å². The third-order valence-corrected chi connectivity index (χ3v) is 5.47. The average Bonchev–Trinajstić information content (AvgIpc) is 3.04. The second-order valence-corrected chi connectivity index (χ2v) is 7.04. The zero-order valence-corrected chi connectivity index (χ0v) is 13.8. The number of carbonyl (C=O) groups is 1. The van der Waals surface area contributed by atoms with Crippen LogP contribution in [0.15, 0.2) is 54.6 Å². The van der Waals surface area contributed by atoms with E-state index in [1.807, 2.05) is 54.6 Å². The number of aliphatic hydroxyl groups is 1. The zero-order chi connectivity index (χ0) is 16.6. The number of benzene rings is 2. The summed E-state index contributed by atoms with van der Waals surface area (Å²) in [4.78, 5) is 13.1. The minimum absolute atomic E-state index is 0.159. The molecule has 4 nitrogen and oxygen atoms in total. The number of carbonyl (C=O) groups excluding carboxylic acids is 1. The van der Waals surface area contributed by atoms with Gasteiger partial charge in [-0.2, -0.15) is 0 Å². The summed E-state index contributed by atoms with van der Waals surface area (Å²) in [5, 5.41) is 14.9.